The van der Waals surface area contributed by atoms with Crippen LogP contribution >= 0.6 is 23.6 Å². The number of aromatic nitrogens is 2. The average molecular weight is 328 g/mol. The number of anilines is 1. The lowest BCUT2D eigenvalue weighted by Gasteiger charge is -2.34. The van der Waals surface area contributed by atoms with Gasteiger partial charge in [-0.15, -0.1) is 10.2 Å². The summed E-state index contributed by atoms with van der Waals surface area (Å²) in [7, 11) is 0. The summed E-state index contributed by atoms with van der Waals surface area (Å²) >= 11 is 6.51. The van der Waals surface area contributed by atoms with Crippen LogP contribution in [-0.4, -0.2) is 34.3 Å². The van der Waals surface area contributed by atoms with Crippen LogP contribution in [0.4, 0.5) is 5.13 Å². The molecule has 8 heteroatoms. The molecule has 1 aliphatic rings. The molecule has 0 bridgehead atoms. The lowest BCUT2D eigenvalue weighted by atomic mass is 9.79. The Morgan fingerprint density at radius 1 is 1.48 bits per heavy atom. The van der Waals surface area contributed by atoms with E-state index in [-0.39, 0.29) is 10.9 Å². The molecule has 0 unspecified atom stereocenters. The lowest BCUT2D eigenvalue weighted by Crippen LogP contribution is -2.49. The van der Waals surface area contributed by atoms with E-state index < -0.39 is 5.41 Å². The van der Waals surface area contributed by atoms with Crippen molar-refractivity contribution in [2.45, 2.75) is 33.1 Å². The fourth-order valence-electron chi connectivity index (χ4n) is 2.26. The summed E-state index contributed by atoms with van der Waals surface area (Å²) in [4.78, 5) is 12.8. The van der Waals surface area contributed by atoms with E-state index >= 15 is 0 Å². The molecule has 2 rings (SSSR count). The smallest absolute Gasteiger partial charge is 0.239 e. The average Bonchev–Trinajstić information content (AvgIpc) is 2.85. The predicted octanol–water partition coefficient (Wildman–Crippen LogP) is 1.76. The van der Waals surface area contributed by atoms with Gasteiger partial charge < -0.3 is 10.5 Å². The van der Waals surface area contributed by atoms with Crippen LogP contribution in [-0.2, 0) is 16.0 Å². The molecular formula is C13H20N4O2S2. The van der Waals surface area contributed by atoms with Gasteiger partial charge in [0, 0.05) is 19.6 Å². The molecule has 21 heavy (non-hydrogen) atoms. The summed E-state index contributed by atoms with van der Waals surface area (Å²) in [6.07, 6.45) is 1.86. The maximum atomic E-state index is 12.6. The van der Waals surface area contributed by atoms with Gasteiger partial charge in [-0.1, -0.05) is 37.4 Å². The van der Waals surface area contributed by atoms with Gasteiger partial charge in [0.1, 0.15) is 10.4 Å². The van der Waals surface area contributed by atoms with Crippen LogP contribution in [0.5, 0.6) is 0 Å². The SMILES string of the molecule is CC(C)Cc1nnc(NC(=O)C2(C(N)=S)CCOCC2)s1. The molecule has 0 spiro atoms. The highest BCUT2D eigenvalue weighted by atomic mass is 32.1. The van der Waals surface area contributed by atoms with Crippen molar-refractivity contribution >= 4 is 39.6 Å². The fourth-order valence-corrected chi connectivity index (χ4v) is 3.50. The largest absolute Gasteiger partial charge is 0.392 e. The number of nitrogens with zero attached hydrogens (tertiary/aromatic N) is 2. The number of nitrogens with two attached hydrogens (primary N) is 1. The van der Waals surface area contributed by atoms with Crippen LogP contribution in [0.3, 0.4) is 0 Å². The summed E-state index contributed by atoms with van der Waals surface area (Å²) in [6.45, 7) is 5.20. The first-order valence-corrected chi connectivity index (χ1v) is 8.18. The van der Waals surface area contributed by atoms with Crippen LogP contribution in [0.2, 0.25) is 0 Å². The molecule has 0 aliphatic carbocycles. The fraction of sp³-hybridized carbons (Fsp3) is 0.692. The Morgan fingerprint density at radius 3 is 2.71 bits per heavy atom. The monoisotopic (exact) mass is 328 g/mol. The van der Waals surface area contributed by atoms with Crippen molar-refractivity contribution in [2.75, 3.05) is 18.5 Å². The van der Waals surface area contributed by atoms with E-state index in [4.69, 9.17) is 22.7 Å². The number of amides is 1. The van der Waals surface area contributed by atoms with Crippen LogP contribution in [0.25, 0.3) is 0 Å². The van der Waals surface area contributed by atoms with Gasteiger partial charge in [-0.05, 0) is 18.8 Å². The number of hydrogen-bond acceptors (Lipinski definition) is 6. The summed E-state index contributed by atoms with van der Waals surface area (Å²) in [5.74, 6) is 0.297. The van der Waals surface area contributed by atoms with Gasteiger partial charge in [0.2, 0.25) is 11.0 Å². The van der Waals surface area contributed by atoms with E-state index in [0.29, 0.717) is 37.1 Å². The molecule has 0 aromatic carbocycles. The summed E-state index contributed by atoms with van der Waals surface area (Å²) in [5, 5.41) is 12.3. The summed E-state index contributed by atoms with van der Waals surface area (Å²) in [6, 6.07) is 0. The van der Waals surface area contributed by atoms with Gasteiger partial charge >= 0.3 is 0 Å². The third-order valence-corrected chi connectivity index (χ3v) is 4.77. The summed E-state index contributed by atoms with van der Waals surface area (Å²) in [5.41, 5.74) is 4.97. The number of nitrogens with one attached hydrogen (secondary N) is 1. The second-order valence-corrected chi connectivity index (χ2v) is 7.11. The van der Waals surface area contributed by atoms with Gasteiger partial charge in [0.05, 0.1) is 4.99 Å². The number of carbonyl (C=O) groups excluding carboxylic acids is 1. The first-order valence-electron chi connectivity index (χ1n) is 6.95. The first-order chi connectivity index (χ1) is 9.94. The van der Waals surface area contributed by atoms with Gasteiger partial charge in [0.15, 0.2) is 0 Å². The van der Waals surface area contributed by atoms with Crippen molar-refractivity contribution in [2.24, 2.45) is 17.1 Å². The zero-order valence-corrected chi connectivity index (χ0v) is 13.9. The molecule has 6 nitrogen and oxygen atoms in total. The molecule has 1 saturated heterocycles. The molecular weight excluding hydrogens is 308 g/mol. The van der Waals surface area contributed by atoms with Crippen LogP contribution in [0.1, 0.15) is 31.7 Å². The Kier molecular flexibility index (Phi) is 5.23. The zero-order chi connectivity index (χ0) is 15.5. The quantitative estimate of drug-likeness (QED) is 0.801. The molecule has 1 fully saturated rings. The van der Waals surface area contributed by atoms with E-state index in [0.717, 1.165) is 11.4 Å². The van der Waals surface area contributed by atoms with Crippen LogP contribution in [0, 0.1) is 11.3 Å². The van der Waals surface area contributed by atoms with Gasteiger partial charge in [-0.25, -0.2) is 0 Å². The molecule has 0 saturated carbocycles. The Balaban J connectivity index is 2.08. The molecule has 0 radical (unpaired) electrons. The highest BCUT2D eigenvalue weighted by molar-refractivity contribution is 7.80. The van der Waals surface area contributed by atoms with Crippen molar-refractivity contribution in [3.63, 3.8) is 0 Å². The lowest BCUT2D eigenvalue weighted by molar-refractivity contribution is -0.126. The highest BCUT2D eigenvalue weighted by Gasteiger charge is 2.43. The molecule has 3 N–H and O–H groups in total. The molecule has 2 heterocycles. The van der Waals surface area contributed by atoms with Crippen molar-refractivity contribution < 1.29 is 9.53 Å². The minimum absolute atomic E-state index is 0.203. The van der Waals surface area contributed by atoms with Crippen molar-refractivity contribution in [1.29, 1.82) is 0 Å². The summed E-state index contributed by atoms with van der Waals surface area (Å²) < 4.78 is 5.30. The van der Waals surface area contributed by atoms with E-state index in [9.17, 15) is 4.79 Å². The molecule has 116 valence electrons. The Hall–Kier alpha value is -1.12. The number of hydrogen-bond donors (Lipinski definition) is 2. The van der Waals surface area contributed by atoms with Crippen LogP contribution < -0.4 is 11.1 Å². The minimum atomic E-state index is -0.836. The number of thiocarbonyl (C=S) groups is 1. The van der Waals surface area contributed by atoms with E-state index in [2.05, 4.69) is 29.4 Å². The number of ether oxygens (including phenoxy) is 1. The maximum absolute atomic E-state index is 12.6. The topological polar surface area (TPSA) is 90.1 Å². The minimum Gasteiger partial charge on any atom is -0.392 e. The molecule has 1 amide bonds. The second-order valence-electron chi connectivity index (χ2n) is 5.61. The Morgan fingerprint density at radius 2 is 2.14 bits per heavy atom. The standard InChI is InChI=1S/C13H20N4O2S2/c1-8(2)7-9-16-17-12(21-9)15-11(18)13(10(14)20)3-5-19-6-4-13/h8H,3-7H2,1-2H3,(H2,14,20)(H,15,17,18). The van der Waals surface area contributed by atoms with E-state index in [1.54, 1.807) is 0 Å². The van der Waals surface area contributed by atoms with Crippen molar-refractivity contribution in [1.82, 2.24) is 10.2 Å². The zero-order valence-electron chi connectivity index (χ0n) is 12.2. The molecule has 0 atom stereocenters. The third-order valence-electron chi connectivity index (χ3n) is 3.52. The maximum Gasteiger partial charge on any atom is 0.239 e. The van der Waals surface area contributed by atoms with Gasteiger partial charge in [0.25, 0.3) is 0 Å². The molecule has 1 aromatic rings. The second kappa shape index (κ2) is 6.76. The number of carbonyl (C=O) groups is 1. The van der Waals surface area contributed by atoms with Gasteiger partial charge in [-0.3, -0.25) is 10.1 Å². The molecule has 1 aromatic heterocycles. The van der Waals surface area contributed by atoms with Crippen molar-refractivity contribution in [3.8, 4) is 0 Å². The third kappa shape index (κ3) is 3.75. The Labute approximate surface area is 133 Å². The number of rotatable bonds is 5. The van der Waals surface area contributed by atoms with Crippen molar-refractivity contribution in [3.05, 3.63) is 5.01 Å². The predicted molar refractivity (Wildman–Crippen MR) is 86.4 cm³/mol. The molecule has 1 aliphatic heterocycles. The highest BCUT2D eigenvalue weighted by Crippen LogP contribution is 2.33. The van der Waals surface area contributed by atoms with E-state index in [1.165, 1.54) is 11.3 Å². The Bertz CT molecular complexity index is 524. The van der Waals surface area contributed by atoms with E-state index in [1.807, 2.05) is 0 Å². The van der Waals surface area contributed by atoms with Gasteiger partial charge in [-0.2, -0.15) is 0 Å². The van der Waals surface area contributed by atoms with Crippen LogP contribution in [0.15, 0.2) is 0 Å². The normalized spacial score (nSPS) is 17.7. The first kappa shape index (κ1) is 16.3.